The monoisotopic (exact) mass is 371 g/mol. The van der Waals surface area contributed by atoms with Crippen LogP contribution in [0.25, 0.3) is 0 Å². The van der Waals surface area contributed by atoms with E-state index in [1.54, 1.807) is 36.4 Å². The van der Waals surface area contributed by atoms with Crippen LogP contribution < -0.4 is 20.1 Å². The van der Waals surface area contributed by atoms with Gasteiger partial charge in [-0.25, -0.2) is 0 Å². The number of nitrogens with one attached hydrogen (secondary N) is 2. The summed E-state index contributed by atoms with van der Waals surface area (Å²) in [7, 11) is 3.01. The molecule has 0 unspecified atom stereocenters. The van der Waals surface area contributed by atoms with E-state index < -0.39 is 5.91 Å². The molecule has 0 aliphatic rings. The van der Waals surface area contributed by atoms with Gasteiger partial charge in [-0.05, 0) is 30.7 Å². The fourth-order valence-corrected chi connectivity index (χ4v) is 2.33. The van der Waals surface area contributed by atoms with Crippen LogP contribution in [-0.2, 0) is 4.79 Å². The van der Waals surface area contributed by atoms with Crippen molar-refractivity contribution in [1.29, 1.82) is 5.26 Å². The zero-order valence-corrected chi connectivity index (χ0v) is 15.3. The van der Waals surface area contributed by atoms with Crippen LogP contribution in [0.5, 0.6) is 11.5 Å². The maximum atomic E-state index is 12.4. The first-order chi connectivity index (χ1) is 12.5. The summed E-state index contributed by atoms with van der Waals surface area (Å²) in [5, 5.41) is 15.4. The number of rotatable bonds is 6. The number of hydrogen-bond donors (Lipinski definition) is 2. The van der Waals surface area contributed by atoms with Crippen molar-refractivity contribution in [3.63, 3.8) is 0 Å². The Bertz CT molecular complexity index is 888. The van der Waals surface area contributed by atoms with Crippen LogP contribution in [0.15, 0.2) is 48.2 Å². The molecule has 0 saturated carbocycles. The van der Waals surface area contributed by atoms with Gasteiger partial charge >= 0.3 is 0 Å². The van der Waals surface area contributed by atoms with Gasteiger partial charge in [-0.3, -0.25) is 4.79 Å². The Morgan fingerprint density at radius 2 is 1.85 bits per heavy atom. The maximum absolute atomic E-state index is 12.4. The summed E-state index contributed by atoms with van der Waals surface area (Å²) in [6.45, 7) is 1.84. The minimum absolute atomic E-state index is 0.106. The van der Waals surface area contributed by atoms with Gasteiger partial charge in [0, 0.05) is 17.3 Å². The maximum Gasteiger partial charge on any atom is 0.267 e. The molecule has 6 nitrogen and oxygen atoms in total. The van der Waals surface area contributed by atoms with E-state index in [1.165, 1.54) is 20.4 Å². The normalized spacial score (nSPS) is 10.7. The number of nitriles is 1. The quantitative estimate of drug-likeness (QED) is 0.589. The van der Waals surface area contributed by atoms with Crippen LogP contribution in [0.4, 0.5) is 11.4 Å². The highest BCUT2D eigenvalue weighted by Gasteiger charge is 2.13. The number of anilines is 2. The molecule has 2 aromatic carbocycles. The Morgan fingerprint density at radius 3 is 2.50 bits per heavy atom. The smallest absolute Gasteiger partial charge is 0.267 e. The first-order valence-electron chi connectivity index (χ1n) is 7.65. The van der Waals surface area contributed by atoms with E-state index in [1.807, 2.05) is 13.0 Å². The minimum Gasteiger partial charge on any atom is -0.495 e. The number of benzene rings is 2. The molecule has 2 rings (SSSR count). The summed E-state index contributed by atoms with van der Waals surface area (Å²) in [5.74, 6) is 0.439. The van der Waals surface area contributed by atoms with E-state index in [-0.39, 0.29) is 5.57 Å². The predicted molar refractivity (Wildman–Crippen MR) is 102 cm³/mol. The molecule has 2 aromatic rings. The van der Waals surface area contributed by atoms with Gasteiger partial charge in [0.15, 0.2) is 0 Å². The summed E-state index contributed by atoms with van der Waals surface area (Å²) in [6, 6.07) is 12.2. The summed E-state index contributed by atoms with van der Waals surface area (Å²) >= 11 is 6.07. The van der Waals surface area contributed by atoms with Crippen LogP contribution in [-0.4, -0.2) is 20.1 Å². The highest BCUT2D eigenvalue weighted by atomic mass is 35.5. The molecule has 134 valence electrons. The van der Waals surface area contributed by atoms with Crippen LogP contribution in [0.1, 0.15) is 5.56 Å². The minimum atomic E-state index is -0.561. The van der Waals surface area contributed by atoms with Gasteiger partial charge in [0.05, 0.1) is 25.6 Å². The molecule has 7 heteroatoms. The average molecular weight is 372 g/mol. The molecule has 0 aromatic heterocycles. The lowest BCUT2D eigenvalue weighted by molar-refractivity contribution is -0.112. The molecule has 1 amide bonds. The number of aryl methyl sites for hydroxylation is 1. The molecule has 2 N–H and O–H groups in total. The molecule has 0 aliphatic carbocycles. The highest BCUT2D eigenvalue weighted by molar-refractivity contribution is 6.31. The molecule has 0 atom stereocenters. The van der Waals surface area contributed by atoms with Crippen LogP contribution >= 0.6 is 11.6 Å². The lowest BCUT2D eigenvalue weighted by Gasteiger charge is -2.12. The first-order valence-corrected chi connectivity index (χ1v) is 8.03. The molecule has 26 heavy (non-hydrogen) atoms. The highest BCUT2D eigenvalue weighted by Crippen LogP contribution is 2.31. The summed E-state index contributed by atoms with van der Waals surface area (Å²) in [6.07, 6.45) is 1.32. The van der Waals surface area contributed by atoms with Crippen molar-refractivity contribution >= 4 is 28.9 Å². The number of carbonyl (C=O) groups is 1. The van der Waals surface area contributed by atoms with E-state index in [0.717, 1.165) is 5.56 Å². The Balaban J connectivity index is 2.22. The van der Waals surface area contributed by atoms with Crippen molar-refractivity contribution in [2.75, 3.05) is 24.9 Å². The second-order valence-electron chi connectivity index (χ2n) is 5.27. The molecule has 0 bridgehead atoms. The average Bonchev–Trinajstić information content (AvgIpc) is 2.65. The fraction of sp³-hybridized carbons (Fsp3) is 0.158. The standard InChI is InChI=1S/C19H18ClN3O3/c1-12-8-16(18(26-3)9-14(12)20)22-11-13(10-21)19(24)23-15-6-4-5-7-17(15)25-2/h4-9,11,22H,1-3H3,(H,23,24)/b13-11-. The van der Waals surface area contributed by atoms with Crippen molar-refractivity contribution in [3.05, 3.63) is 58.8 Å². The Labute approximate surface area is 157 Å². The molecule has 0 heterocycles. The fourth-order valence-electron chi connectivity index (χ4n) is 2.18. The van der Waals surface area contributed by atoms with Gasteiger partial charge in [-0.2, -0.15) is 5.26 Å². The first kappa shape index (κ1) is 19.2. The lowest BCUT2D eigenvalue weighted by Crippen LogP contribution is -2.15. The van der Waals surface area contributed by atoms with E-state index in [4.69, 9.17) is 21.1 Å². The second kappa shape index (κ2) is 8.79. The summed E-state index contributed by atoms with van der Waals surface area (Å²) in [5.41, 5.74) is 1.79. The Kier molecular flexibility index (Phi) is 6.48. The Morgan fingerprint density at radius 1 is 1.15 bits per heavy atom. The molecule has 0 saturated heterocycles. The van der Waals surface area contributed by atoms with Gasteiger partial charge in [0.2, 0.25) is 0 Å². The predicted octanol–water partition coefficient (Wildman–Crippen LogP) is 4.12. The zero-order valence-electron chi connectivity index (χ0n) is 14.6. The van der Waals surface area contributed by atoms with Gasteiger partial charge in [0.1, 0.15) is 23.1 Å². The molecule has 0 aliphatic heterocycles. The molecular formula is C19H18ClN3O3. The summed E-state index contributed by atoms with van der Waals surface area (Å²) < 4.78 is 10.4. The SMILES string of the molecule is COc1cc(Cl)c(C)cc1N/C=C(/C#N)C(=O)Nc1ccccc1OC. The number of amides is 1. The largest absolute Gasteiger partial charge is 0.495 e. The number of ether oxygens (including phenoxy) is 2. The van der Waals surface area contributed by atoms with E-state index >= 15 is 0 Å². The van der Waals surface area contributed by atoms with Gasteiger partial charge in [-0.1, -0.05) is 23.7 Å². The van der Waals surface area contributed by atoms with Crippen molar-refractivity contribution in [3.8, 4) is 17.6 Å². The second-order valence-corrected chi connectivity index (χ2v) is 5.68. The number of methoxy groups -OCH3 is 2. The van der Waals surface area contributed by atoms with Crippen molar-refractivity contribution in [2.24, 2.45) is 0 Å². The van der Waals surface area contributed by atoms with E-state index in [0.29, 0.717) is 27.9 Å². The number of carbonyl (C=O) groups excluding carboxylic acids is 1. The molecule has 0 spiro atoms. The van der Waals surface area contributed by atoms with Crippen LogP contribution in [0.3, 0.4) is 0 Å². The number of nitrogens with zero attached hydrogens (tertiary/aromatic N) is 1. The van der Waals surface area contributed by atoms with Gasteiger partial charge < -0.3 is 20.1 Å². The molecular weight excluding hydrogens is 354 g/mol. The van der Waals surface area contributed by atoms with Crippen molar-refractivity contribution < 1.29 is 14.3 Å². The van der Waals surface area contributed by atoms with Crippen molar-refractivity contribution in [1.82, 2.24) is 0 Å². The van der Waals surface area contributed by atoms with E-state index in [9.17, 15) is 10.1 Å². The third kappa shape index (κ3) is 4.47. The topological polar surface area (TPSA) is 83.4 Å². The van der Waals surface area contributed by atoms with Crippen LogP contribution in [0, 0.1) is 18.3 Å². The number of halogens is 1. The number of para-hydroxylation sites is 2. The van der Waals surface area contributed by atoms with E-state index in [2.05, 4.69) is 10.6 Å². The van der Waals surface area contributed by atoms with Gasteiger partial charge in [-0.15, -0.1) is 0 Å². The molecule has 0 fully saturated rings. The third-order valence-electron chi connectivity index (χ3n) is 3.57. The van der Waals surface area contributed by atoms with Crippen molar-refractivity contribution in [2.45, 2.75) is 6.92 Å². The molecule has 0 radical (unpaired) electrons. The third-order valence-corrected chi connectivity index (χ3v) is 3.98. The Hall–Kier alpha value is -3.17. The zero-order chi connectivity index (χ0) is 19.1. The lowest BCUT2D eigenvalue weighted by atomic mass is 10.2. The number of hydrogen-bond acceptors (Lipinski definition) is 5. The van der Waals surface area contributed by atoms with Gasteiger partial charge in [0.25, 0.3) is 5.91 Å². The van der Waals surface area contributed by atoms with Crippen LogP contribution in [0.2, 0.25) is 5.02 Å². The summed E-state index contributed by atoms with van der Waals surface area (Å²) in [4.78, 5) is 12.4.